The monoisotopic (exact) mass is 237 g/mol. The molecule has 0 amide bonds. The van der Waals surface area contributed by atoms with Gasteiger partial charge >= 0.3 is 0 Å². The first-order valence-corrected chi connectivity index (χ1v) is 6.97. The predicted molar refractivity (Wildman–Crippen MR) is 73.3 cm³/mol. The van der Waals surface area contributed by atoms with Crippen molar-refractivity contribution < 1.29 is 0 Å². The Morgan fingerprint density at radius 2 is 2.12 bits per heavy atom. The normalized spacial score (nSPS) is 12.9. The van der Waals surface area contributed by atoms with Gasteiger partial charge in [0, 0.05) is 12.2 Å². The number of aryl methyl sites for hydroxylation is 2. The highest BCUT2D eigenvalue weighted by Gasteiger charge is 2.09. The van der Waals surface area contributed by atoms with E-state index in [0.29, 0.717) is 5.92 Å². The zero-order valence-corrected chi connectivity index (χ0v) is 11.8. The Kier molecular flexibility index (Phi) is 6.27. The fourth-order valence-electron chi connectivity index (χ4n) is 2.08. The van der Waals surface area contributed by atoms with E-state index in [1.54, 1.807) is 0 Å². The Morgan fingerprint density at radius 3 is 2.71 bits per heavy atom. The summed E-state index contributed by atoms with van der Waals surface area (Å²) in [6.07, 6.45) is 3.36. The van der Waals surface area contributed by atoms with Gasteiger partial charge in [-0.05, 0) is 51.3 Å². The number of rotatable bonds is 8. The fraction of sp³-hybridized carbons (Fsp3) is 0.786. The van der Waals surface area contributed by atoms with E-state index in [9.17, 15) is 0 Å². The highest BCUT2D eigenvalue weighted by Crippen LogP contribution is 2.11. The Morgan fingerprint density at radius 1 is 1.35 bits per heavy atom. The molecule has 0 saturated carbocycles. The van der Waals surface area contributed by atoms with Gasteiger partial charge in [-0.25, -0.2) is 0 Å². The molecule has 1 N–H and O–H groups in total. The quantitative estimate of drug-likeness (QED) is 0.704. The van der Waals surface area contributed by atoms with E-state index in [1.807, 2.05) is 0 Å². The van der Waals surface area contributed by atoms with E-state index >= 15 is 0 Å². The third kappa shape index (κ3) is 4.50. The van der Waals surface area contributed by atoms with Crippen molar-refractivity contribution in [2.45, 2.75) is 53.5 Å². The summed E-state index contributed by atoms with van der Waals surface area (Å²) in [4.78, 5) is 0. The minimum Gasteiger partial charge on any atom is -0.316 e. The van der Waals surface area contributed by atoms with E-state index in [1.165, 1.54) is 17.8 Å². The molecule has 0 spiro atoms. The van der Waals surface area contributed by atoms with Gasteiger partial charge in [-0.3, -0.25) is 4.68 Å². The molecular weight excluding hydrogens is 210 g/mol. The number of aromatic nitrogens is 2. The minimum absolute atomic E-state index is 0.674. The maximum Gasteiger partial charge on any atom is 0.0624 e. The van der Waals surface area contributed by atoms with Gasteiger partial charge in [0.15, 0.2) is 0 Å². The van der Waals surface area contributed by atoms with E-state index < -0.39 is 0 Å². The zero-order chi connectivity index (χ0) is 12.7. The number of nitrogens with one attached hydrogen (secondary N) is 1. The second kappa shape index (κ2) is 7.49. The average Bonchev–Trinajstić information content (AvgIpc) is 2.71. The molecule has 0 radical (unpaired) electrons. The van der Waals surface area contributed by atoms with Crippen LogP contribution in [0.25, 0.3) is 0 Å². The smallest absolute Gasteiger partial charge is 0.0624 e. The number of nitrogens with zero attached hydrogens (tertiary/aromatic N) is 2. The van der Waals surface area contributed by atoms with Gasteiger partial charge in [-0.15, -0.1) is 0 Å². The predicted octanol–water partition coefficient (Wildman–Crippen LogP) is 2.64. The van der Waals surface area contributed by atoms with Crippen molar-refractivity contribution in [3.63, 3.8) is 0 Å². The maximum absolute atomic E-state index is 4.59. The third-order valence-corrected chi connectivity index (χ3v) is 3.05. The van der Waals surface area contributed by atoms with Crippen molar-refractivity contribution >= 4 is 0 Å². The van der Waals surface area contributed by atoms with Crippen molar-refractivity contribution in [2.75, 3.05) is 13.1 Å². The van der Waals surface area contributed by atoms with Crippen LogP contribution in [0.2, 0.25) is 0 Å². The number of hydrogen-bond donors (Lipinski definition) is 1. The summed E-state index contributed by atoms with van der Waals surface area (Å²) in [5.74, 6) is 0.674. The van der Waals surface area contributed by atoms with Crippen LogP contribution in [0.5, 0.6) is 0 Å². The molecule has 1 aromatic rings. The molecular formula is C14H27N3. The highest BCUT2D eigenvalue weighted by molar-refractivity contribution is 5.11. The van der Waals surface area contributed by atoms with Crippen LogP contribution in [0, 0.1) is 5.92 Å². The lowest BCUT2D eigenvalue weighted by molar-refractivity contribution is 0.487. The molecule has 1 heterocycles. The topological polar surface area (TPSA) is 29.9 Å². The summed E-state index contributed by atoms with van der Waals surface area (Å²) in [6, 6.07) is 2.26. The van der Waals surface area contributed by atoms with Crippen LogP contribution in [-0.2, 0) is 19.4 Å². The van der Waals surface area contributed by atoms with Gasteiger partial charge in [0.25, 0.3) is 0 Å². The van der Waals surface area contributed by atoms with Crippen LogP contribution in [0.3, 0.4) is 0 Å². The van der Waals surface area contributed by atoms with Crippen LogP contribution < -0.4 is 5.32 Å². The molecule has 1 rings (SSSR count). The van der Waals surface area contributed by atoms with Gasteiger partial charge in [0.2, 0.25) is 0 Å². The van der Waals surface area contributed by atoms with Crippen LogP contribution in [0.15, 0.2) is 6.07 Å². The van der Waals surface area contributed by atoms with E-state index in [4.69, 9.17) is 0 Å². The van der Waals surface area contributed by atoms with Crippen LogP contribution in [0.4, 0.5) is 0 Å². The largest absolute Gasteiger partial charge is 0.316 e. The van der Waals surface area contributed by atoms with Crippen molar-refractivity contribution in [1.29, 1.82) is 0 Å². The second-order valence-corrected chi connectivity index (χ2v) is 4.81. The Labute approximate surface area is 106 Å². The maximum atomic E-state index is 4.59. The van der Waals surface area contributed by atoms with Crippen molar-refractivity contribution in [1.82, 2.24) is 15.1 Å². The third-order valence-electron chi connectivity index (χ3n) is 3.05. The number of hydrogen-bond acceptors (Lipinski definition) is 2. The van der Waals surface area contributed by atoms with Gasteiger partial charge in [-0.1, -0.05) is 20.8 Å². The molecule has 0 bridgehead atoms. The summed E-state index contributed by atoms with van der Waals surface area (Å²) in [6.45, 7) is 12.0. The summed E-state index contributed by atoms with van der Waals surface area (Å²) in [7, 11) is 0. The average molecular weight is 237 g/mol. The molecule has 0 aliphatic rings. The van der Waals surface area contributed by atoms with Crippen molar-refractivity contribution in [3.05, 3.63) is 17.5 Å². The van der Waals surface area contributed by atoms with E-state index in [2.05, 4.69) is 48.9 Å². The molecule has 98 valence electrons. The summed E-state index contributed by atoms with van der Waals surface area (Å²) >= 11 is 0. The summed E-state index contributed by atoms with van der Waals surface area (Å²) in [5, 5.41) is 8.08. The first kappa shape index (κ1) is 14.2. The van der Waals surface area contributed by atoms with Crippen LogP contribution in [-0.4, -0.2) is 22.9 Å². The van der Waals surface area contributed by atoms with Crippen LogP contribution in [0.1, 0.15) is 45.5 Å². The molecule has 0 saturated heterocycles. The van der Waals surface area contributed by atoms with Gasteiger partial charge in [-0.2, -0.15) is 5.10 Å². The van der Waals surface area contributed by atoms with Gasteiger partial charge < -0.3 is 5.32 Å². The molecule has 0 aliphatic carbocycles. The molecule has 17 heavy (non-hydrogen) atoms. The molecule has 1 aromatic heterocycles. The fourth-order valence-corrected chi connectivity index (χ4v) is 2.08. The molecule has 0 aromatic carbocycles. The second-order valence-electron chi connectivity index (χ2n) is 4.81. The lowest BCUT2D eigenvalue weighted by atomic mass is 10.1. The lowest BCUT2D eigenvalue weighted by Gasteiger charge is -2.12. The molecule has 0 aliphatic heterocycles. The first-order chi connectivity index (χ1) is 8.21. The van der Waals surface area contributed by atoms with Gasteiger partial charge in [0.05, 0.1) is 5.69 Å². The SMILES string of the molecule is CCCNCC(C)Cc1cc(CC)nn1CC. The Hall–Kier alpha value is -0.830. The Balaban J connectivity index is 2.51. The molecule has 1 unspecified atom stereocenters. The standard InChI is InChI=1S/C14H27N3/c1-5-8-15-11-12(4)9-14-10-13(6-2)16-17(14)7-3/h10,12,15H,5-9,11H2,1-4H3. The zero-order valence-electron chi connectivity index (χ0n) is 11.8. The van der Waals surface area contributed by atoms with E-state index in [-0.39, 0.29) is 0 Å². The van der Waals surface area contributed by atoms with Crippen molar-refractivity contribution in [2.24, 2.45) is 5.92 Å². The van der Waals surface area contributed by atoms with E-state index in [0.717, 1.165) is 32.5 Å². The van der Waals surface area contributed by atoms with Crippen LogP contribution >= 0.6 is 0 Å². The summed E-state index contributed by atoms with van der Waals surface area (Å²) in [5.41, 5.74) is 2.60. The molecule has 3 heteroatoms. The highest BCUT2D eigenvalue weighted by atomic mass is 15.3. The first-order valence-electron chi connectivity index (χ1n) is 6.97. The molecule has 0 fully saturated rings. The minimum atomic E-state index is 0.674. The summed E-state index contributed by atoms with van der Waals surface area (Å²) < 4.78 is 2.15. The Bertz CT molecular complexity index is 317. The molecule has 3 nitrogen and oxygen atoms in total. The molecule has 1 atom stereocenters. The van der Waals surface area contributed by atoms with Gasteiger partial charge in [0.1, 0.15) is 0 Å². The lowest BCUT2D eigenvalue weighted by Crippen LogP contribution is -2.23. The van der Waals surface area contributed by atoms with Crippen molar-refractivity contribution in [3.8, 4) is 0 Å².